The largest absolute Gasteiger partial charge is 0.493 e. The van der Waals surface area contributed by atoms with Crippen LogP contribution < -0.4 is 9.47 Å². The fraction of sp³-hybridized carbons (Fsp3) is 0.500. The van der Waals surface area contributed by atoms with E-state index in [1.54, 1.807) is 7.11 Å². The second-order valence-corrected chi connectivity index (χ2v) is 8.37. The Bertz CT molecular complexity index is 881. The summed E-state index contributed by atoms with van der Waals surface area (Å²) >= 11 is 0. The van der Waals surface area contributed by atoms with Crippen molar-refractivity contribution in [3.63, 3.8) is 0 Å². The number of nitrogens with zero attached hydrogens (tertiary/aromatic N) is 1. The molecule has 6 heteroatoms. The lowest BCUT2D eigenvalue weighted by Crippen LogP contribution is -2.36. The van der Waals surface area contributed by atoms with Crippen molar-refractivity contribution in [3.8, 4) is 22.6 Å². The smallest absolute Gasteiger partial charge is 0.454 e. The minimum absolute atomic E-state index is 0.0710. The molecule has 1 aromatic heterocycles. The Morgan fingerprint density at radius 1 is 1.21 bits per heavy atom. The summed E-state index contributed by atoms with van der Waals surface area (Å²) in [5.74, 6) is 1.92. The number of ether oxygens (including phenoxy) is 2. The van der Waals surface area contributed by atoms with Crippen molar-refractivity contribution in [3.05, 3.63) is 41.7 Å². The fourth-order valence-corrected chi connectivity index (χ4v) is 5.04. The van der Waals surface area contributed by atoms with Gasteiger partial charge >= 0.3 is 7.12 Å². The maximum Gasteiger partial charge on any atom is 0.454 e. The molecule has 3 aliphatic rings. The van der Waals surface area contributed by atoms with E-state index in [-0.39, 0.29) is 11.5 Å². The highest BCUT2D eigenvalue weighted by molar-refractivity contribution is 6.43. The molecule has 146 valence electrons. The van der Waals surface area contributed by atoms with E-state index < -0.39 is 7.12 Å². The molecule has 0 amide bonds. The Morgan fingerprint density at radius 2 is 2.07 bits per heavy atom. The molecule has 1 saturated carbocycles. The summed E-state index contributed by atoms with van der Waals surface area (Å²) in [5.41, 5.74) is 4.55. The molecule has 1 N–H and O–H groups in total. The van der Waals surface area contributed by atoms with E-state index >= 15 is 0 Å². The van der Waals surface area contributed by atoms with Crippen molar-refractivity contribution in [2.45, 2.75) is 56.4 Å². The zero-order chi connectivity index (χ0) is 19.1. The van der Waals surface area contributed by atoms with E-state index in [2.05, 4.69) is 17.1 Å². The number of methoxy groups -OCH3 is 1. The van der Waals surface area contributed by atoms with Gasteiger partial charge in [-0.1, -0.05) is 12.5 Å². The second kappa shape index (κ2) is 7.09. The van der Waals surface area contributed by atoms with Crippen molar-refractivity contribution in [1.29, 1.82) is 0 Å². The summed E-state index contributed by atoms with van der Waals surface area (Å²) in [6.45, 7) is 0.541. The Hall–Kier alpha value is -2.05. The number of benzene rings is 1. The molecule has 2 aliphatic heterocycles. The van der Waals surface area contributed by atoms with Gasteiger partial charge in [0.25, 0.3) is 0 Å². The first-order chi connectivity index (χ1) is 13.7. The zero-order valence-electron chi connectivity index (χ0n) is 16.3. The molecule has 3 heterocycles. The average molecular weight is 379 g/mol. The quantitative estimate of drug-likeness (QED) is 0.818. The van der Waals surface area contributed by atoms with E-state index in [1.807, 2.05) is 18.5 Å². The molecule has 1 aliphatic carbocycles. The molecule has 0 bridgehead atoms. The molecule has 1 aromatic carbocycles. The summed E-state index contributed by atoms with van der Waals surface area (Å²) in [4.78, 5) is 4.49. The molecular weight excluding hydrogens is 353 g/mol. The van der Waals surface area contributed by atoms with Gasteiger partial charge in [-0.2, -0.15) is 0 Å². The molecule has 28 heavy (non-hydrogen) atoms. The first-order valence-corrected chi connectivity index (χ1v) is 10.3. The van der Waals surface area contributed by atoms with Crippen molar-refractivity contribution in [2.75, 3.05) is 13.7 Å². The van der Waals surface area contributed by atoms with Crippen molar-refractivity contribution in [2.24, 2.45) is 0 Å². The SMILES string of the molecule is COc1ccc(-c2cncc([C@@H]3COB(O)C3)c2)c2c1OC1(CCCCC1)C2. The summed E-state index contributed by atoms with van der Waals surface area (Å²) in [7, 11) is 1.04. The van der Waals surface area contributed by atoms with E-state index in [0.717, 1.165) is 41.9 Å². The third kappa shape index (κ3) is 3.09. The van der Waals surface area contributed by atoms with Gasteiger partial charge in [0, 0.05) is 42.5 Å². The van der Waals surface area contributed by atoms with E-state index in [4.69, 9.17) is 14.1 Å². The Kier molecular flexibility index (Phi) is 4.56. The van der Waals surface area contributed by atoms with Crippen LogP contribution in [-0.2, 0) is 11.1 Å². The van der Waals surface area contributed by atoms with Crippen LogP contribution in [0.4, 0.5) is 0 Å². The van der Waals surface area contributed by atoms with Gasteiger partial charge in [0.05, 0.1) is 7.11 Å². The normalized spacial score (nSPS) is 22.9. The number of rotatable bonds is 3. The van der Waals surface area contributed by atoms with Gasteiger partial charge in [0.1, 0.15) is 5.60 Å². The number of aromatic nitrogens is 1. The highest BCUT2D eigenvalue weighted by Crippen LogP contribution is 2.50. The number of pyridine rings is 1. The van der Waals surface area contributed by atoms with Gasteiger partial charge in [-0.25, -0.2) is 0 Å². The summed E-state index contributed by atoms with van der Waals surface area (Å²) in [6, 6.07) is 6.32. The number of hydrogen-bond donors (Lipinski definition) is 1. The van der Waals surface area contributed by atoms with Crippen molar-refractivity contribution >= 4 is 7.12 Å². The minimum atomic E-state index is -0.668. The Balaban J connectivity index is 1.53. The lowest BCUT2D eigenvalue weighted by molar-refractivity contribution is 0.0507. The molecule has 1 spiro atoms. The number of fused-ring (bicyclic) bond motifs is 1. The molecule has 2 aromatic rings. The molecule has 5 rings (SSSR count). The summed E-state index contributed by atoms with van der Waals surface area (Å²) < 4.78 is 17.5. The monoisotopic (exact) mass is 379 g/mol. The predicted octanol–water partition coefficient (Wildman–Crippen LogP) is 3.99. The summed E-state index contributed by atoms with van der Waals surface area (Å²) in [6.07, 6.45) is 11.3. The molecule has 1 saturated heterocycles. The first kappa shape index (κ1) is 18.0. The maximum absolute atomic E-state index is 9.70. The van der Waals surface area contributed by atoms with Crippen LogP contribution in [0.5, 0.6) is 11.5 Å². The zero-order valence-corrected chi connectivity index (χ0v) is 16.3. The average Bonchev–Trinajstić information content (AvgIpc) is 3.31. The van der Waals surface area contributed by atoms with Crippen LogP contribution >= 0.6 is 0 Å². The van der Waals surface area contributed by atoms with Crippen LogP contribution in [0.3, 0.4) is 0 Å². The second-order valence-electron chi connectivity index (χ2n) is 8.37. The Labute approximate surface area is 166 Å². The van der Waals surface area contributed by atoms with Crippen LogP contribution in [0.15, 0.2) is 30.6 Å². The predicted molar refractivity (Wildman–Crippen MR) is 108 cm³/mol. The highest BCUT2D eigenvalue weighted by atomic mass is 16.5. The topological polar surface area (TPSA) is 60.8 Å². The fourth-order valence-electron chi connectivity index (χ4n) is 5.04. The third-order valence-electron chi connectivity index (χ3n) is 6.54. The van der Waals surface area contributed by atoms with Crippen LogP contribution in [0.1, 0.15) is 49.1 Å². The van der Waals surface area contributed by atoms with Crippen LogP contribution in [-0.4, -0.2) is 36.4 Å². The van der Waals surface area contributed by atoms with Crippen molar-refractivity contribution < 1.29 is 19.2 Å². The van der Waals surface area contributed by atoms with Crippen LogP contribution in [0.2, 0.25) is 6.32 Å². The van der Waals surface area contributed by atoms with Crippen molar-refractivity contribution in [1.82, 2.24) is 4.98 Å². The van der Waals surface area contributed by atoms with E-state index in [1.165, 1.54) is 30.4 Å². The highest BCUT2D eigenvalue weighted by Gasteiger charge is 2.43. The van der Waals surface area contributed by atoms with Gasteiger partial charge in [-0.05, 0) is 55.3 Å². The van der Waals surface area contributed by atoms with Gasteiger partial charge < -0.3 is 19.2 Å². The summed E-state index contributed by atoms with van der Waals surface area (Å²) in [5, 5.41) is 9.70. The first-order valence-electron chi connectivity index (χ1n) is 10.3. The molecule has 0 unspecified atom stereocenters. The number of hydrogen-bond acceptors (Lipinski definition) is 5. The molecule has 5 nitrogen and oxygen atoms in total. The third-order valence-corrected chi connectivity index (χ3v) is 6.54. The molecule has 2 fully saturated rings. The van der Waals surface area contributed by atoms with Crippen LogP contribution in [0.25, 0.3) is 11.1 Å². The molecule has 1 atom stereocenters. The lowest BCUT2D eigenvalue weighted by Gasteiger charge is -2.32. The minimum Gasteiger partial charge on any atom is -0.493 e. The van der Waals surface area contributed by atoms with Gasteiger partial charge in [0.2, 0.25) is 0 Å². The van der Waals surface area contributed by atoms with Gasteiger partial charge in [-0.15, -0.1) is 0 Å². The van der Waals surface area contributed by atoms with Crippen LogP contribution in [0, 0.1) is 0 Å². The molecule has 0 radical (unpaired) electrons. The maximum atomic E-state index is 9.70. The standard InChI is InChI=1S/C22H26BNO4/c1-26-20-6-5-18(19-10-22(28-21(19)20)7-3-2-4-8-22)16-9-15(12-24-13-16)17-11-23(25)27-14-17/h5-6,9,12-13,17,25H,2-4,7-8,10-11,14H2,1H3/t17-/m0/s1. The molecular formula is C22H26BNO4. The van der Waals surface area contributed by atoms with E-state index in [0.29, 0.717) is 12.9 Å². The lowest BCUT2D eigenvalue weighted by atomic mass is 9.79. The Morgan fingerprint density at radius 3 is 2.82 bits per heavy atom. The van der Waals surface area contributed by atoms with Gasteiger partial charge in [-0.3, -0.25) is 4.98 Å². The van der Waals surface area contributed by atoms with Gasteiger partial charge in [0.15, 0.2) is 11.5 Å². The van der Waals surface area contributed by atoms with E-state index in [9.17, 15) is 5.02 Å².